The molecule has 0 spiro atoms. The van der Waals surface area contributed by atoms with Gasteiger partial charge in [-0.25, -0.2) is 0 Å². The number of piperazine rings is 1. The number of fused-ring (bicyclic) bond motifs is 8. The van der Waals surface area contributed by atoms with Crippen LogP contribution in [0.4, 0.5) is 0 Å². The monoisotopic (exact) mass is 623 g/mol. The summed E-state index contributed by atoms with van der Waals surface area (Å²) in [4.78, 5) is 44.1. The Morgan fingerprint density at radius 3 is 2.54 bits per heavy atom. The summed E-state index contributed by atoms with van der Waals surface area (Å²) in [5, 5.41) is 10.8. The van der Waals surface area contributed by atoms with E-state index in [1.54, 1.807) is 13.8 Å². The van der Waals surface area contributed by atoms with E-state index in [2.05, 4.69) is 6.07 Å². The van der Waals surface area contributed by atoms with Crippen molar-refractivity contribution >= 4 is 23.6 Å². The van der Waals surface area contributed by atoms with E-state index in [0.29, 0.717) is 57.4 Å². The number of nitrogens with zero attached hydrogens (tertiary/aromatic N) is 3. The number of rotatable bonds is 6. The molecule has 1 fully saturated rings. The lowest BCUT2D eigenvalue weighted by molar-refractivity contribution is -0.132. The third kappa shape index (κ3) is 4.28. The molecule has 2 unspecified atom stereocenters. The fraction of sp³-hybridized carbons (Fsp3) is 0.371. The number of ether oxygens (including phenoxy) is 5. The maximum Gasteiger partial charge on any atom is 0.308 e. The lowest BCUT2D eigenvalue weighted by Gasteiger charge is -2.57. The maximum atomic E-state index is 14.0. The number of Topliss-reactive ketones (excluding diaryl/α,β-unsaturated/α-hetero) is 2. The summed E-state index contributed by atoms with van der Waals surface area (Å²) in [6, 6.07) is 9.84. The van der Waals surface area contributed by atoms with Crippen LogP contribution in [-0.2, 0) is 30.5 Å². The Bertz CT molecular complexity index is 1840. The van der Waals surface area contributed by atoms with Crippen LogP contribution in [0.15, 0.2) is 58.5 Å². The molecule has 0 radical (unpaired) electrons. The SMILES string of the molecule is COC1=C(C)C(=O)C2=C(C1=O)C1C3=Cc4c(OC(C)=O)c(C)c5c(c4[C@H](COCc4ccccc4)N3[C@@H](C#N)C(C2)N1C)OCO5. The molecule has 4 atom stereocenters. The summed E-state index contributed by atoms with van der Waals surface area (Å²) in [6.07, 6.45) is 2.07. The molecule has 0 aromatic heterocycles. The van der Waals surface area contributed by atoms with Gasteiger partial charge in [-0.15, -0.1) is 0 Å². The van der Waals surface area contributed by atoms with Crippen LogP contribution in [0.3, 0.4) is 0 Å². The second-order valence-electron chi connectivity index (χ2n) is 12.1. The highest BCUT2D eigenvalue weighted by Crippen LogP contribution is 2.56. The van der Waals surface area contributed by atoms with Crippen molar-refractivity contribution in [1.29, 1.82) is 5.26 Å². The van der Waals surface area contributed by atoms with Crippen molar-refractivity contribution in [2.75, 3.05) is 27.6 Å². The molecule has 0 N–H and O–H groups in total. The largest absolute Gasteiger partial charge is 0.492 e. The van der Waals surface area contributed by atoms with Gasteiger partial charge >= 0.3 is 5.97 Å². The fourth-order valence-corrected chi connectivity index (χ4v) is 7.59. The van der Waals surface area contributed by atoms with Gasteiger partial charge in [-0.05, 0) is 39.0 Å². The first-order valence-corrected chi connectivity index (χ1v) is 15.1. The first kappa shape index (κ1) is 29.8. The summed E-state index contributed by atoms with van der Waals surface area (Å²) in [5.41, 5.74) is 4.41. The van der Waals surface area contributed by atoms with Crippen LogP contribution >= 0.6 is 0 Å². The Hall–Kier alpha value is -4.92. The number of hydrogen-bond donors (Lipinski definition) is 0. The predicted octanol–water partition coefficient (Wildman–Crippen LogP) is 3.91. The molecule has 4 heterocycles. The van der Waals surface area contributed by atoms with Gasteiger partial charge in [0.15, 0.2) is 23.0 Å². The first-order valence-electron chi connectivity index (χ1n) is 15.1. The van der Waals surface area contributed by atoms with Crippen LogP contribution < -0.4 is 14.2 Å². The molecule has 0 saturated carbocycles. The normalized spacial score (nSPS) is 24.6. The Morgan fingerprint density at radius 2 is 1.85 bits per heavy atom. The smallest absolute Gasteiger partial charge is 0.308 e. The zero-order valence-corrected chi connectivity index (χ0v) is 26.2. The molecule has 0 amide bonds. The molecule has 46 heavy (non-hydrogen) atoms. The summed E-state index contributed by atoms with van der Waals surface area (Å²) >= 11 is 0. The molecule has 11 heteroatoms. The number of likely N-dealkylation sites (N-methyl/N-ethyl adjacent to an activating group) is 1. The molecule has 5 aliphatic rings. The van der Waals surface area contributed by atoms with Gasteiger partial charge in [0.25, 0.3) is 0 Å². The zero-order valence-electron chi connectivity index (χ0n) is 26.2. The molecule has 4 aliphatic heterocycles. The minimum atomic E-state index is -0.729. The molecule has 2 aromatic rings. The van der Waals surface area contributed by atoms with Crippen LogP contribution in [0, 0.1) is 18.3 Å². The number of ketones is 2. The number of carbonyl (C=O) groups excluding carboxylic acids is 3. The number of allylic oxidation sites excluding steroid dienone is 2. The Balaban J connectivity index is 1.46. The summed E-state index contributed by atoms with van der Waals surface area (Å²) in [5.74, 6) is 0.158. The van der Waals surface area contributed by atoms with Crippen molar-refractivity contribution in [2.45, 2.75) is 58.0 Å². The number of carbonyl (C=O) groups is 3. The zero-order chi connectivity index (χ0) is 32.4. The molecular formula is C35H33N3O8. The highest BCUT2D eigenvalue weighted by atomic mass is 16.7. The topological polar surface area (TPSA) is 128 Å². The highest BCUT2D eigenvalue weighted by Gasteiger charge is 2.56. The minimum Gasteiger partial charge on any atom is -0.492 e. The number of hydrogen-bond acceptors (Lipinski definition) is 11. The maximum absolute atomic E-state index is 14.0. The van der Waals surface area contributed by atoms with Crippen LogP contribution in [0.2, 0.25) is 0 Å². The quantitative estimate of drug-likeness (QED) is 0.264. The number of esters is 1. The van der Waals surface area contributed by atoms with Gasteiger partial charge in [-0.1, -0.05) is 30.3 Å². The lowest BCUT2D eigenvalue weighted by Crippen LogP contribution is -2.66. The van der Waals surface area contributed by atoms with E-state index in [9.17, 15) is 19.6 Å². The highest BCUT2D eigenvalue weighted by molar-refractivity contribution is 6.25. The lowest BCUT2D eigenvalue weighted by atomic mass is 9.71. The number of benzene rings is 2. The van der Waals surface area contributed by atoms with Crippen LogP contribution in [0.25, 0.3) is 6.08 Å². The van der Waals surface area contributed by atoms with E-state index in [1.165, 1.54) is 14.0 Å². The predicted molar refractivity (Wildman–Crippen MR) is 163 cm³/mol. The van der Waals surface area contributed by atoms with E-state index in [0.717, 1.165) is 5.56 Å². The van der Waals surface area contributed by atoms with E-state index in [1.807, 2.05) is 53.3 Å². The van der Waals surface area contributed by atoms with E-state index in [-0.39, 0.29) is 42.7 Å². The third-order valence-corrected chi connectivity index (χ3v) is 9.59. The Kier molecular flexibility index (Phi) is 7.22. The molecule has 1 aliphatic carbocycles. The standard InChI is InChI=1S/C35H33N3O8/c1-17-30(40)21-11-23-25(13-36)38-24(29(37(23)4)28(21)31(41)33(17)42-5)12-22-27(26(38)15-43-14-20-9-7-6-8-10-20)35-34(44-16-45-35)18(2)32(22)46-19(3)39/h6-10,12,23,25-26,29H,11,14-16H2,1-5H3/t23?,25-,26-,29?/m0/s1. The number of methoxy groups -OCH3 is 1. The third-order valence-electron chi connectivity index (χ3n) is 9.59. The second kappa shape index (κ2) is 11.2. The van der Waals surface area contributed by atoms with Crippen molar-refractivity contribution in [3.05, 3.63) is 80.8 Å². The van der Waals surface area contributed by atoms with Gasteiger partial charge in [0.05, 0.1) is 38.5 Å². The molecule has 2 bridgehead atoms. The van der Waals surface area contributed by atoms with Crippen molar-refractivity contribution < 1.29 is 38.1 Å². The average molecular weight is 624 g/mol. The van der Waals surface area contributed by atoms with E-state index in [4.69, 9.17) is 23.7 Å². The molecular weight excluding hydrogens is 590 g/mol. The molecule has 7 rings (SSSR count). The van der Waals surface area contributed by atoms with Gasteiger partial charge in [0, 0.05) is 52.1 Å². The van der Waals surface area contributed by atoms with Crippen LogP contribution in [-0.4, -0.2) is 73.0 Å². The van der Waals surface area contributed by atoms with Crippen LogP contribution in [0.1, 0.15) is 48.6 Å². The minimum absolute atomic E-state index is 0.0175. The van der Waals surface area contributed by atoms with Gasteiger partial charge in [-0.3, -0.25) is 19.3 Å². The second-order valence-corrected chi connectivity index (χ2v) is 12.1. The van der Waals surface area contributed by atoms with Crippen molar-refractivity contribution in [2.24, 2.45) is 0 Å². The summed E-state index contributed by atoms with van der Waals surface area (Å²) in [7, 11) is 3.25. The summed E-state index contributed by atoms with van der Waals surface area (Å²) in [6.45, 7) is 5.15. The van der Waals surface area contributed by atoms with E-state index >= 15 is 0 Å². The molecule has 236 valence electrons. The van der Waals surface area contributed by atoms with Crippen molar-refractivity contribution in [3.63, 3.8) is 0 Å². The van der Waals surface area contributed by atoms with Gasteiger partial charge in [-0.2, -0.15) is 5.26 Å². The first-order chi connectivity index (χ1) is 22.2. The molecule has 1 saturated heterocycles. The van der Waals surface area contributed by atoms with Gasteiger partial charge in [0.2, 0.25) is 12.6 Å². The van der Waals surface area contributed by atoms with E-state index < -0.39 is 30.1 Å². The van der Waals surface area contributed by atoms with Crippen molar-refractivity contribution in [1.82, 2.24) is 9.80 Å². The summed E-state index contributed by atoms with van der Waals surface area (Å²) < 4.78 is 29.6. The van der Waals surface area contributed by atoms with Gasteiger partial charge < -0.3 is 28.6 Å². The Labute approximate surface area is 266 Å². The van der Waals surface area contributed by atoms with Gasteiger partial charge in [0.1, 0.15) is 11.8 Å². The molecule has 11 nitrogen and oxygen atoms in total. The average Bonchev–Trinajstić information content (AvgIpc) is 3.53. The molecule has 2 aromatic carbocycles. The van der Waals surface area contributed by atoms with Crippen molar-refractivity contribution in [3.8, 4) is 23.3 Å². The number of nitriles is 1. The van der Waals surface area contributed by atoms with Crippen LogP contribution in [0.5, 0.6) is 17.2 Å². The fourth-order valence-electron chi connectivity index (χ4n) is 7.59. The Morgan fingerprint density at radius 1 is 1.11 bits per heavy atom.